The SMILES string of the molecule is C=C(CC(=O)O)c1ccc(OCCc2cnc3c(c2)C(=O)N(C)c2cccnc2N3CC)c2ccccc12. The van der Waals surface area contributed by atoms with Gasteiger partial charge in [-0.25, -0.2) is 9.97 Å². The van der Waals surface area contributed by atoms with Crippen LogP contribution in [0.25, 0.3) is 16.3 Å². The summed E-state index contributed by atoms with van der Waals surface area (Å²) < 4.78 is 6.16. The van der Waals surface area contributed by atoms with Crippen LogP contribution in [0.15, 0.2) is 73.6 Å². The summed E-state index contributed by atoms with van der Waals surface area (Å²) in [5, 5.41) is 11.0. The Morgan fingerprint density at radius 1 is 1.05 bits per heavy atom. The number of carboxylic acid groups (broad SMARTS) is 1. The fourth-order valence-electron chi connectivity index (χ4n) is 4.82. The van der Waals surface area contributed by atoms with Crippen molar-refractivity contribution in [2.75, 3.05) is 30.0 Å². The Hall–Kier alpha value is -4.72. The molecule has 0 spiro atoms. The first-order chi connectivity index (χ1) is 18.4. The Kier molecular flexibility index (Phi) is 6.79. The van der Waals surface area contributed by atoms with Crippen molar-refractivity contribution in [2.45, 2.75) is 19.8 Å². The summed E-state index contributed by atoms with van der Waals surface area (Å²) in [7, 11) is 1.75. The summed E-state index contributed by atoms with van der Waals surface area (Å²) in [4.78, 5) is 37.3. The molecule has 1 amide bonds. The van der Waals surface area contributed by atoms with E-state index in [9.17, 15) is 14.7 Å². The number of hydrogen-bond donors (Lipinski definition) is 1. The summed E-state index contributed by atoms with van der Waals surface area (Å²) >= 11 is 0. The Balaban J connectivity index is 1.38. The quantitative estimate of drug-likeness (QED) is 0.336. The van der Waals surface area contributed by atoms with Gasteiger partial charge in [0.15, 0.2) is 5.82 Å². The van der Waals surface area contributed by atoms with Gasteiger partial charge in [-0.05, 0) is 53.3 Å². The molecule has 2 aromatic heterocycles. The number of benzene rings is 2. The number of carbonyl (C=O) groups is 2. The van der Waals surface area contributed by atoms with Crippen molar-refractivity contribution in [3.05, 3.63) is 90.3 Å². The van der Waals surface area contributed by atoms with Crippen molar-refractivity contribution >= 4 is 45.5 Å². The van der Waals surface area contributed by atoms with E-state index in [-0.39, 0.29) is 12.3 Å². The smallest absolute Gasteiger partial charge is 0.307 e. The van der Waals surface area contributed by atoms with Crippen LogP contribution in [-0.2, 0) is 11.2 Å². The lowest BCUT2D eigenvalue weighted by Gasteiger charge is -2.22. The zero-order valence-electron chi connectivity index (χ0n) is 21.3. The van der Waals surface area contributed by atoms with Crippen LogP contribution in [0.5, 0.6) is 5.75 Å². The molecule has 3 heterocycles. The Morgan fingerprint density at radius 3 is 2.61 bits per heavy atom. The number of aromatic nitrogens is 2. The number of pyridine rings is 2. The van der Waals surface area contributed by atoms with Crippen LogP contribution in [0.2, 0.25) is 0 Å². The van der Waals surface area contributed by atoms with Crippen LogP contribution >= 0.6 is 0 Å². The lowest BCUT2D eigenvalue weighted by atomic mass is 9.97. The number of anilines is 3. The third-order valence-corrected chi connectivity index (χ3v) is 6.69. The number of hydrogen-bond acceptors (Lipinski definition) is 6. The predicted molar refractivity (Wildman–Crippen MR) is 148 cm³/mol. The molecule has 1 N–H and O–H groups in total. The van der Waals surface area contributed by atoms with Gasteiger partial charge in [0, 0.05) is 37.8 Å². The summed E-state index contributed by atoms with van der Waals surface area (Å²) in [5.41, 5.74) is 3.49. The van der Waals surface area contributed by atoms with Crippen LogP contribution < -0.4 is 14.5 Å². The van der Waals surface area contributed by atoms with E-state index in [1.165, 1.54) is 0 Å². The number of nitrogens with zero attached hydrogens (tertiary/aromatic N) is 4. The lowest BCUT2D eigenvalue weighted by Crippen LogP contribution is -2.25. The average Bonchev–Trinajstić information content (AvgIpc) is 3.01. The number of fused-ring (bicyclic) bond motifs is 3. The highest BCUT2D eigenvalue weighted by atomic mass is 16.5. The molecule has 1 aliphatic heterocycles. The highest BCUT2D eigenvalue weighted by Gasteiger charge is 2.30. The lowest BCUT2D eigenvalue weighted by molar-refractivity contribution is -0.135. The second kappa shape index (κ2) is 10.3. The van der Waals surface area contributed by atoms with E-state index in [0.717, 1.165) is 27.6 Å². The minimum Gasteiger partial charge on any atom is -0.493 e. The first kappa shape index (κ1) is 25.0. The van der Waals surface area contributed by atoms with Gasteiger partial charge < -0.3 is 19.6 Å². The summed E-state index contributed by atoms with van der Waals surface area (Å²) in [6.07, 6.45) is 3.92. The molecule has 0 aliphatic carbocycles. The molecule has 0 fully saturated rings. The molecule has 8 heteroatoms. The Morgan fingerprint density at radius 2 is 1.84 bits per heavy atom. The van der Waals surface area contributed by atoms with Crippen LogP contribution in [0, 0.1) is 0 Å². The molecular formula is C30H28N4O4. The monoisotopic (exact) mass is 508 g/mol. The molecule has 0 saturated heterocycles. The molecule has 8 nitrogen and oxygen atoms in total. The molecule has 0 unspecified atom stereocenters. The number of ether oxygens (including phenoxy) is 1. The molecular weight excluding hydrogens is 480 g/mol. The maximum absolute atomic E-state index is 13.4. The number of rotatable bonds is 8. The highest BCUT2D eigenvalue weighted by Crippen LogP contribution is 2.37. The number of carbonyl (C=O) groups excluding carboxylic acids is 1. The number of aliphatic carboxylic acids is 1. The molecule has 2 aromatic carbocycles. The van der Waals surface area contributed by atoms with Gasteiger partial charge in [-0.3, -0.25) is 9.59 Å². The minimum atomic E-state index is -0.916. The predicted octanol–water partition coefficient (Wildman–Crippen LogP) is 5.49. The highest BCUT2D eigenvalue weighted by molar-refractivity contribution is 6.12. The average molecular weight is 509 g/mol. The fourth-order valence-corrected chi connectivity index (χ4v) is 4.82. The van der Waals surface area contributed by atoms with Crippen LogP contribution in [0.3, 0.4) is 0 Å². The molecule has 1 aliphatic rings. The molecule has 192 valence electrons. The maximum Gasteiger partial charge on any atom is 0.307 e. The van der Waals surface area contributed by atoms with E-state index in [0.29, 0.717) is 48.1 Å². The molecule has 0 saturated carbocycles. The first-order valence-corrected chi connectivity index (χ1v) is 12.4. The molecule has 0 radical (unpaired) electrons. The molecule has 4 aromatic rings. The topological polar surface area (TPSA) is 95.9 Å². The van der Waals surface area contributed by atoms with Crippen LogP contribution in [-0.4, -0.2) is 47.2 Å². The summed E-state index contributed by atoms with van der Waals surface area (Å²) in [6.45, 7) is 6.96. The number of amides is 1. The van der Waals surface area contributed by atoms with Gasteiger partial charge >= 0.3 is 5.97 Å². The van der Waals surface area contributed by atoms with Gasteiger partial charge in [-0.1, -0.05) is 36.9 Å². The third-order valence-electron chi connectivity index (χ3n) is 6.69. The van der Waals surface area contributed by atoms with Crippen LogP contribution in [0.4, 0.5) is 17.3 Å². The van der Waals surface area contributed by atoms with Gasteiger partial charge in [0.05, 0.1) is 24.3 Å². The summed E-state index contributed by atoms with van der Waals surface area (Å²) in [6, 6.07) is 17.0. The van der Waals surface area contributed by atoms with E-state index in [1.54, 1.807) is 24.3 Å². The van der Waals surface area contributed by atoms with Crippen molar-refractivity contribution in [1.82, 2.24) is 9.97 Å². The third kappa shape index (κ3) is 4.56. The van der Waals surface area contributed by atoms with Crippen LogP contribution in [0.1, 0.15) is 34.8 Å². The van der Waals surface area contributed by atoms with E-state index in [1.807, 2.05) is 66.4 Å². The zero-order chi connectivity index (χ0) is 26.8. The largest absolute Gasteiger partial charge is 0.493 e. The Labute approximate surface area is 220 Å². The second-order valence-electron chi connectivity index (χ2n) is 9.10. The van der Waals surface area contributed by atoms with E-state index < -0.39 is 5.97 Å². The van der Waals surface area contributed by atoms with E-state index >= 15 is 0 Å². The minimum absolute atomic E-state index is 0.125. The van der Waals surface area contributed by atoms with Crippen molar-refractivity contribution in [2.24, 2.45) is 0 Å². The van der Waals surface area contributed by atoms with Crippen molar-refractivity contribution in [3.8, 4) is 5.75 Å². The van der Waals surface area contributed by atoms with Crippen molar-refractivity contribution in [3.63, 3.8) is 0 Å². The van der Waals surface area contributed by atoms with Crippen molar-refractivity contribution in [1.29, 1.82) is 0 Å². The van der Waals surface area contributed by atoms with Gasteiger partial charge in [-0.15, -0.1) is 0 Å². The van der Waals surface area contributed by atoms with Gasteiger partial charge in [0.25, 0.3) is 5.91 Å². The van der Waals surface area contributed by atoms with E-state index in [2.05, 4.69) is 16.5 Å². The Bertz CT molecular complexity index is 1570. The molecule has 38 heavy (non-hydrogen) atoms. The zero-order valence-corrected chi connectivity index (χ0v) is 21.3. The summed E-state index contributed by atoms with van der Waals surface area (Å²) in [5.74, 6) is 0.943. The van der Waals surface area contributed by atoms with Gasteiger partial charge in [0.2, 0.25) is 0 Å². The second-order valence-corrected chi connectivity index (χ2v) is 9.10. The fraction of sp³-hybridized carbons (Fsp3) is 0.200. The number of carboxylic acids is 1. The maximum atomic E-state index is 13.4. The van der Waals surface area contributed by atoms with Gasteiger partial charge in [-0.2, -0.15) is 0 Å². The van der Waals surface area contributed by atoms with Crippen molar-refractivity contribution < 1.29 is 19.4 Å². The standard InChI is InChI=1S/C30H28N4O4/c1-4-34-28-24(30(37)33(3)25-10-7-14-31-29(25)34)17-20(18-32-28)13-15-38-26-12-11-21(19(2)16-27(35)36)22-8-5-6-9-23(22)26/h5-12,14,17-18H,2,4,13,15-16H2,1,3H3,(H,35,36). The normalized spacial score (nSPS) is 12.6. The molecule has 0 bridgehead atoms. The molecule has 0 atom stereocenters. The van der Waals surface area contributed by atoms with Gasteiger partial charge in [0.1, 0.15) is 11.6 Å². The molecule has 5 rings (SSSR count). The first-order valence-electron chi connectivity index (χ1n) is 12.4. The van der Waals surface area contributed by atoms with E-state index in [4.69, 9.17) is 4.74 Å².